The summed E-state index contributed by atoms with van der Waals surface area (Å²) in [6.07, 6.45) is 0.885. The molecule has 2 heterocycles. The molecule has 1 aromatic carbocycles. The Morgan fingerprint density at radius 1 is 1.43 bits per heavy atom. The minimum Gasteiger partial charge on any atom is -0.369 e. The van der Waals surface area contributed by atoms with Crippen molar-refractivity contribution in [3.8, 4) is 0 Å². The number of carbonyl (C=O) groups excluding carboxylic acids is 1. The molecule has 1 atom stereocenters. The van der Waals surface area contributed by atoms with Gasteiger partial charge in [-0.2, -0.15) is 0 Å². The summed E-state index contributed by atoms with van der Waals surface area (Å²) >= 11 is 5.69. The highest BCUT2D eigenvalue weighted by molar-refractivity contribution is 6.30. The van der Waals surface area contributed by atoms with Gasteiger partial charge in [-0.25, -0.2) is 4.39 Å². The number of nitrogens with one attached hydrogen (secondary N) is 2. The quantitative estimate of drug-likeness (QED) is 0.886. The molecule has 0 saturated carbocycles. The van der Waals surface area contributed by atoms with Gasteiger partial charge in [0.2, 0.25) is 5.91 Å². The van der Waals surface area contributed by atoms with E-state index in [9.17, 15) is 9.18 Å². The van der Waals surface area contributed by atoms with Crippen molar-refractivity contribution in [1.82, 2.24) is 10.6 Å². The van der Waals surface area contributed by atoms with E-state index in [-0.39, 0.29) is 35.3 Å². The Bertz CT molecular complexity index is 525. The molecule has 2 fully saturated rings. The summed E-state index contributed by atoms with van der Waals surface area (Å²) in [7, 11) is 0. The van der Waals surface area contributed by atoms with Crippen molar-refractivity contribution in [2.24, 2.45) is 5.92 Å². The first-order chi connectivity index (χ1) is 9.63. The van der Waals surface area contributed by atoms with Gasteiger partial charge in [-0.3, -0.25) is 4.79 Å². The molecule has 0 spiro atoms. The number of amides is 1. The molecular weight excluding hydrogens is 316 g/mol. The molecule has 4 nitrogen and oxygen atoms in total. The van der Waals surface area contributed by atoms with Crippen LogP contribution in [0.5, 0.6) is 0 Å². The van der Waals surface area contributed by atoms with E-state index >= 15 is 0 Å². The number of anilines is 1. The standard InChI is InChI=1S/C14H17ClFN3O.ClH/c15-12-2-1-11(5-13(12)16)19-4-3-10(8-19)18-14(20)9-6-17-7-9;/h1-2,5,9-10,17H,3-4,6-8H2,(H,18,20);1H. The Kier molecular flexibility index (Phi) is 5.30. The molecule has 2 saturated heterocycles. The summed E-state index contributed by atoms with van der Waals surface area (Å²) in [5.74, 6) is -0.174. The van der Waals surface area contributed by atoms with Crippen LogP contribution < -0.4 is 15.5 Å². The number of halogens is 3. The molecule has 3 rings (SSSR count). The van der Waals surface area contributed by atoms with Gasteiger partial charge in [0.25, 0.3) is 0 Å². The Hall–Kier alpha value is -1.04. The highest BCUT2D eigenvalue weighted by Crippen LogP contribution is 2.25. The monoisotopic (exact) mass is 333 g/mol. The number of nitrogens with zero attached hydrogens (tertiary/aromatic N) is 1. The van der Waals surface area contributed by atoms with E-state index in [0.29, 0.717) is 6.54 Å². The lowest BCUT2D eigenvalue weighted by Crippen LogP contribution is -2.53. The molecular formula is C14H18Cl2FN3O. The van der Waals surface area contributed by atoms with Crippen molar-refractivity contribution in [3.63, 3.8) is 0 Å². The average molecular weight is 334 g/mol. The Morgan fingerprint density at radius 3 is 2.81 bits per heavy atom. The summed E-state index contributed by atoms with van der Waals surface area (Å²) < 4.78 is 13.5. The highest BCUT2D eigenvalue weighted by Gasteiger charge is 2.29. The number of hydrogen-bond acceptors (Lipinski definition) is 3. The van der Waals surface area contributed by atoms with Crippen LogP contribution in [-0.4, -0.2) is 38.1 Å². The van der Waals surface area contributed by atoms with Crippen LogP contribution in [0.3, 0.4) is 0 Å². The lowest BCUT2D eigenvalue weighted by atomic mass is 10.0. The molecule has 0 bridgehead atoms. The third-order valence-electron chi connectivity index (χ3n) is 3.96. The third kappa shape index (κ3) is 3.59. The molecule has 2 N–H and O–H groups in total. The molecule has 7 heteroatoms. The van der Waals surface area contributed by atoms with Gasteiger partial charge in [0.1, 0.15) is 5.82 Å². The fourth-order valence-electron chi connectivity index (χ4n) is 2.59. The third-order valence-corrected chi connectivity index (χ3v) is 4.26. The van der Waals surface area contributed by atoms with E-state index in [1.54, 1.807) is 6.07 Å². The van der Waals surface area contributed by atoms with Crippen LogP contribution in [0, 0.1) is 11.7 Å². The SMILES string of the molecule is Cl.O=C(NC1CCN(c2ccc(Cl)c(F)c2)C1)C1CNC1. The van der Waals surface area contributed by atoms with E-state index in [2.05, 4.69) is 15.5 Å². The maximum atomic E-state index is 13.5. The van der Waals surface area contributed by atoms with Crippen LogP contribution in [0.1, 0.15) is 6.42 Å². The van der Waals surface area contributed by atoms with Gasteiger partial charge in [-0.05, 0) is 24.6 Å². The van der Waals surface area contributed by atoms with Crippen LogP contribution in [-0.2, 0) is 4.79 Å². The van der Waals surface area contributed by atoms with Crippen LogP contribution in [0.4, 0.5) is 10.1 Å². The summed E-state index contributed by atoms with van der Waals surface area (Å²) in [4.78, 5) is 13.9. The van der Waals surface area contributed by atoms with Gasteiger partial charge in [-0.1, -0.05) is 11.6 Å². The molecule has 1 aromatic rings. The van der Waals surface area contributed by atoms with E-state index in [1.807, 2.05) is 6.07 Å². The fraction of sp³-hybridized carbons (Fsp3) is 0.500. The summed E-state index contributed by atoms with van der Waals surface area (Å²) in [5.41, 5.74) is 0.814. The summed E-state index contributed by atoms with van der Waals surface area (Å²) in [6, 6.07) is 4.97. The van der Waals surface area contributed by atoms with E-state index in [0.717, 1.165) is 31.7 Å². The van der Waals surface area contributed by atoms with Crippen molar-refractivity contribution in [3.05, 3.63) is 29.0 Å². The molecule has 0 radical (unpaired) electrons. The number of rotatable bonds is 3. The molecule has 2 aliphatic heterocycles. The van der Waals surface area contributed by atoms with Gasteiger partial charge < -0.3 is 15.5 Å². The molecule has 21 heavy (non-hydrogen) atoms. The first-order valence-corrected chi connectivity index (χ1v) is 7.22. The molecule has 0 aromatic heterocycles. The zero-order valence-corrected chi connectivity index (χ0v) is 13.0. The van der Waals surface area contributed by atoms with Crippen LogP contribution in [0.2, 0.25) is 5.02 Å². The number of benzene rings is 1. The molecule has 0 aliphatic carbocycles. The largest absolute Gasteiger partial charge is 0.369 e. The minimum atomic E-state index is -0.405. The Balaban J connectivity index is 0.00000161. The van der Waals surface area contributed by atoms with Gasteiger partial charge in [0.05, 0.1) is 10.9 Å². The minimum absolute atomic E-state index is 0. The molecule has 1 amide bonds. The maximum absolute atomic E-state index is 13.5. The zero-order valence-electron chi connectivity index (χ0n) is 11.4. The van der Waals surface area contributed by atoms with Crippen LogP contribution >= 0.6 is 24.0 Å². The van der Waals surface area contributed by atoms with Crippen molar-refractivity contribution >= 4 is 35.6 Å². The zero-order chi connectivity index (χ0) is 14.1. The number of carbonyl (C=O) groups is 1. The second-order valence-corrected chi connectivity index (χ2v) is 5.80. The summed E-state index contributed by atoms with van der Waals surface area (Å²) in [6.45, 7) is 3.07. The second-order valence-electron chi connectivity index (χ2n) is 5.39. The van der Waals surface area contributed by atoms with E-state index < -0.39 is 5.82 Å². The van der Waals surface area contributed by atoms with E-state index in [4.69, 9.17) is 11.6 Å². The predicted octanol–water partition coefficient (Wildman–Crippen LogP) is 1.82. The van der Waals surface area contributed by atoms with Crippen LogP contribution in [0.15, 0.2) is 18.2 Å². The fourth-order valence-corrected chi connectivity index (χ4v) is 2.70. The molecule has 1 unspecified atom stereocenters. The average Bonchev–Trinajstić information content (AvgIpc) is 2.78. The van der Waals surface area contributed by atoms with Crippen molar-refractivity contribution in [2.45, 2.75) is 12.5 Å². The maximum Gasteiger partial charge on any atom is 0.225 e. The van der Waals surface area contributed by atoms with Gasteiger partial charge in [-0.15, -0.1) is 12.4 Å². The normalized spacial score (nSPS) is 21.6. The van der Waals surface area contributed by atoms with Crippen molar-refractivity contribution in [1.29, 1.82) is 0 Å². The predicted molar refractivity (Wildman–Crippen MR) is 83.8 cm³/mol. The number of hydrogen-bond donors (Lipinski definition) is 2. The topological polar surface area (TPSA) is 44.4 Å². The lowest BCUT2D eigenvalue weighted by molar-refractivity contribution is -0.127. The van der Waals surface area contributed by atoms with Crippen molar-refractivity contribution in [2.75, 3.05) is 31.1 Å². The van der Waals surface area contributed by atoms with Crippen LogP contribution in [0.25, 0.3) is 0 Å². The van der Waals surface area contributed by atoms with Crippen molar-refractivity contribution < 1.29 is 9.18 Å². The van der Waals surface area contributed by atoms with Gasteiger partial charge in [0.15, 0.2) is 0 Å². The Labute approximate surface area is 134 Å². The second kappa shape index (κ2) is 6.81. The summed E-state index contributed by atoms with van der Waals surface area (Å²) in [5, 5.41) is 6.29. The van der Waals surface area contributed by atoms with E-state index in [1.165, 1.54) is 6.07 Å². The van der Waals surface area contributed by atoms with Gasteiger partial charge >= 0.3 is 0 Å². The first kappa shape index (κ1) is 16.3. The smallest absolute Gasteiger partial charge is 0.225 e. The Morgan fingerprint density at radius 2 is 2.19 bits per heavy atom. The molecule has 2 aliphatic rings. The highest BCUT2D eigenvalue weighted by atomic mass is 35.5. The lowest BCUT2D eigenvalue weighted by Gasteiger charge is -2.27. The van der Waals surface area contributed by atoms with Gasteiger partial charge in [0, 0.05) is 37.9 Å². The molecule has 116 valence electrons. The first-order valence-electron chi connectivity index (χ1n) is 6.84.